The molecule has 9 N–H and O–H groups in total. The molecule has 2 aliphatic heterocycles. The van der Waals surface area contributed by atoms with Crippen LogP contribution in [0.1, 0.15) is 18.1 Å². The first-order chi connectivity index (χ1) is 20.8. The molecule has 0 spiro atoms. The Labute approximate surface area is 300 Å². The normalized spacial score (nSPS) is 31.8. The second-order valence-corrected chi connectivity index (χ2v) is 10.5. The third-order valence-electron chi connectivity index (χ3n) is 7.25. The SMILES string of the molecule is C[C@@H]1O[C@@H](OC[C@H]2O[C@@H](OCCc3ccc(O)c(O)c3)[C@H](O)[C@@H](O)[C@@H]2OC(=O)/C=C/c2ccc(O)c(O)c2)[C@H](O)[C@H](O)[C@H]1O.[KH]. The van der Waals surface area contributed by atoms with Crippen LogP contribution in [-0.4, -0.2) is 178 Å². The fourth-order valence-corrected chi connectivity index (χ4v) is 4.66. The predicted molar refractivity (Wildman–Crippen MR) is 154 cm³/mol. The van der Waals surface area contributed by atoms with E-state index in [0.29, 0.717) is 11.1 Å². The first kappa shape index (κ1) is 37.6. The number of esters is 1. The van der Waals surface area contributed by atoms with E-state index in [2.05, 4.69) is 0 Å². The van der Waals surface area contributed by atoms with Crippen LogP contribution in [0.25, 0.3) is 6.08 Å². The Hall–Kier alpha value is -1.87. The Balaban J connectivity index is 0.00000552. The molecular weight excluding hydrogens is 627 g/mol. The van der Waals surface area contributed by atoms with Crippen LogP contribution in [0.2, 0.25) is 0 Å². The molecule has 0 unspecified atom stereocenters. The van der Waals surface area contributed by atoms with Crippen molar-refractivity contribution in [2.75, 3.05) is 13.2 Å². The van der Waals surface area contributed by atoms with Crippen molar-refractivity contribution in [3.8, 4) is 23.0 Å². The predicted octanol–water partition coefficient (Wildman–Crippen LogP) is -1.66. The molecule has 2 aromatic carbocycles. The summed E-state index contributed by atoms with van der Waals surface area (Å²) >= 11 is 0. The zero-order valence-electron chi connectivity index (χ0n) is 23.5. The quantitative estimate of drug-likeness (QED) is 0.0597. The van der Waals surface area contributed by atoms with Gasteiger partial charge in [0.25, 0.3) is 0 Å². The Kier molecular flexibility index (Phi) is 14.0. The molecule has 4 rings (SSSR count). The summed E-state index contributed by atoms with van der Waals surface area (Å²) in [6, 6.07) is 8.00. The number of rotatable bonds is 10. The fourth-order valence-electron chi connectivity index (χ4n) is 4.66. The second kappa shape index (κ2) is 16.8. The number of phenols is 4. The third-order valence-corrected chi connectivity index (χ3v) is 7.25. The number of carbonyl (C=O) groups excluding carboxylic acids is 1. The molecule has 0 aliphatic carbocycles. The maximum absolute atomic E-state index is 12.7. The standard InChI is InChI=1S/C29H36O15.K.H/c1-13-22(35)23(36)25(38)29(42-13)41-12-20-27(44-21(34)7-4-14-2-5-16(30)18(32)10-14)24(37)26(39)28(43-20)40-9-8-15-3-6-17(31)19(33)11-15;;/h2-7,10-11,13,20,22-33,35-39H,8-9,12H2,1H3;;/b7-4+;;/t13-,20+,22-,23+,24+,25+,26+,27+,28+,29+;;/m0../s1. The number of hydrogen-bond acceptors (Lipinski definition) is 15. The molecule has 10 atom stereocenters. The van der Waals surface area contributed by atoms with Crippen molar-refractivity contribution in [1.29, 1.82) is 0 Å². The van der Waals surface area contributed by atoms with Crippen molar-refractivity contribution in [3.63, 3.8) is 0 Å². The monoisotopic (exact) mass is 664 g/mol. The molecular formula is C29H37KO15. The minimum atomic E-state index is -1.75. The fraction of sp³-hybridized carbons (Fsp3) is 0.483. The maximum atomic E-state index is 12.7. The van der Waals surface area contributed by atoms with Crippen molar-refractivity contribution in [2.45, 2.75) is 74.8 Å². The van der Waals surface area contributed by atoms with E-state index < -0.39 is 79.7 Å². The molecule has 0 aromatic heterocycles. The van der Waals surface area contributed by atoms with E-state index in [1.165, 1.54) is 43.3 Å². The van der Waals surface area contributed by atoms with Crippen LogP contribution in [0.5, 0.6) is 23.0 Å². The molecule has 15 nitrogen and oxygen atoms in total. The van der Waals surface area contributed by atoms with Gasteiger partial charge in [-0.15, -0.1) is 0 Å². The molecule has 45 heavy (non-hydrogen) atoms. The van der Waals surface area contributed by atoms with Crippen molar-refractivity contribution in [3.05, 3.63) is 53.6 Å². The summed E-state index contributed by atoms with van der Waals surface area (Å²) in [5, 5.41) is 90.3. The van der Waals surface area contributed by atoms with Gasteiger partial charge in [-0.25, -0.2) is 4.79 Å². The number of hydrogen-bond donors (Lipinski definition) is 9. The summed E-state index contributed by atoms with van der Waals surface area (Å²) in [5.41, 5.74) is 0.927. The van der Waals surface area contributed by atoms with E-state index in [1.807, 2.05) is 0 Å². The average Bonchev–Trinajstić information content (AvgIpc) is 2.99. The Morgan fingerprint density at radius 1 is 0.778 bits per heavy atom. The summed E-state index contributed by atoms with van der Waals surface area (Å²) in [4.78, 5) is 12.7. The van der Waals surface area contributed by atoms with Gasteiger partial charge in [0, 0.05) is 6.08 Å². The Morgan fingerprint density at radius 2 is 1.40 bits per heavy atom. The molecule has 0 radical (unpaired) electrons. The number of ether oxygens (including phenoxy) is 5. The van der Waals surface area contributed by atoms with Gasteiger partial charge in [-0.05, 0) is 54.8 Å². The minimum absolute atomic E-state index is 0. The van der Waals surface area contributed by atoms with Crippen molar-refractivity contribution in [1.82, 2.24) is 0 Å². The van der Waals surface area contributed by atoms with E-state index in [4.69, 9.17) is 23.7 Å². The van der Waals surface area contributed by atoms with Crippen LogP contribution in [0.15, 0.2) is 42.5 Å². The van der Waals surface area contributed by atoms with Gasteiger partial charge < -0.3 is 69.6 Å². The molecule has 16 heteroatoms. The first-order valence-corrected chi connectivity index (χ1v) is 13.7. The van der Waals surface area contributed by atoms with Gasteiger partial charge in [-0.1, -0.05) is 12.1 Å². The molecule has 2 heterocycles. The number of aliphatic hydroxyl groups is 5. The molecule has 244 valence electrons. The zero-order valence-corrected chi connectivity index (χ0v) is 23.5. The molecule has 2 saturated heterocycles. The van der Waals surface area contributed by atoms with E-state index in [1.54, 1.807) is 6.07 Å². The van der Waals surface area contributed by atoms with E-state index >= 15 is 0 Å². The third kappa shape index (κ3) is 9.58. The van der Waals surface area contributed by atoms with Gasteiger partial charge in [-0.2, -0.15) is 0 Å². The molecule has 2 fully saturated rings. The van der Waals surface area contributed by atoms with Crippen LogP contribution in [0, 0.1) is 0 Å². The molecule has 0 bridgehead atoms. The number of aliphatic hydroxyl groups excluding tert-OH is 5. The van der Waals surface area contributed by atoms with Crippen molar-refractivity contribution in [2.24, 2.45) is 0 Å². The van der Waals surface area contributed by atoms with Gasteiger partial charge in [0.15, 0.2) is 41.7 Å². The van der Waals surface area contributed by atoms with Crippen LogP contribution >= 0.6 is 0 Å². The van der Waals surface area contributed by atoms with E-state index in [0.717, 1.165) is 6.08 Å². The summed E-state index contributed by atoms with van der Waals surface area (Å²) in [5.74, 6) is -2.37. The van der Waals surface area contributed by atoms with Crippen LogP contribution < -0.4 is 0 Å². The van der Waals surface area contributed by atoms with Crippen LogP contribution in [-0.2, 0) is 34.9 Å². The Bertz CT molecular complexity index is 1310. The number of benzene rings is 2. The molecule has 0 amide bonds. The van der Waals surface area contributed by atoms with Crippen LogP contribution in [0.4, 0.5) is 0 Å². The van der Waals surface area contributed by atoms with E-state index in [-0.39, 0.29) is 81.7 Å². The summed E-state index contributed by atoms with van der Waals surface area (Å²) in [7, 11) is 0. The van der Waals surface area contributed by atoms with Crippen molar-refractivity contribution < 1.29 is 74.4 Å². The molecule has 2 aromatic rings. The summed E-state index contributed by atoms with van der Waals surface area (Å²) in [6.07, 6.45) is -12.2. The second-order valence-electron chi connectivity index (χ2n) is 10.5. The summed E-state index contributed by atoms with van der Waals surface area (Å²) < 4.78 is 27.8. The number of carbonyl (C=O) groups is 1. The average molecular weight is 665 g/mol. The van der Waals surface area contributed by atoms with E-state index in [9.17, 15) is 50.8 Å². The number of aromatic hydroxyl groups is 4. The molecule has 0 saturated carbocycles. The van der Waals surface area contributed by atoms with Gasteiger partial charge in [-0.3, -0.25) is 0 Å². The Morgan fingerprint density at radius 3 is 2.07 bits per heavy atom. The first-order valence-electron chi connectivity index (χ1n) is 13.7. The van der Waals surface area contributed by atoms with Gasteiger partial charge in [0.1, 0.15) is 36.6 Å². The number of phenolic OH excluding ortho intramolecular Hbond substituents is 4. The van der Waals surface area contributed by atoms with Gasteiger partial charge >= 0.3 is 57.4 Å². The van der Waals surface area contributed by atoms with Gasteiger partial charge in [0.2, 0.25) is 0 Å². The van der Waals surface area contributed by atoms with Gasteiger partial charge in [0.05, 0.1) is 19.3 Å². The molecule has 2 aliphatic rings. The topological polar surface area (TPSA) is 245 Å². The summed E-state index contributed by atoms with van der Waals surface area (Å²) in [6.45, 7) is 0.890. The van der Waals surface area contributed by atoms with Crippen molar-refractivity contribution >= 4 is 63.4 Å². The van der Waals surface area contributed by atoms with Crippen LogP contribution in [0.3, 0.4) is 0 Å². The zero-order chi connectivity index (χ0) is 32.1.